The quantitative estimate of drug-likeness (QED) is 0.559. The third-order valence-electron chi connectivity index (χ3n) is 6.30. The fourth-order valence-corrected chi connectivity index (χ4v) is 5.10. The minimum atomic E-state index is -0.289. The molecule has 0 aromatic heterocycles. The summed E-state index contributed by atoms with van der Waals surface area (Å²) in [6, 6.07) is 5.99. The predicted octanol–water partition coefficient (Wildman–Crippen LogP) is 4.76. The van der Waals surface area contributed by atoms with Gasteiger partial charge in [-0.05, 0) is 78.5 Å². The van der Waals surface area contributed by atoms with E-state index < -0.39 is 0 Å². The molecule has 4 rings (SSSR count). The lowest BCUT2D eigenvalue weighted by Gasteiger charge is -2.47. The Morgan fingerprint density at radius 1 is 1.07 bits per heavy atom. The number of rotatable bonds is 2. The number of fused-ring (bicyclic) bond motifs is 4. The van der Waals surface area contributed by atoms with Crippen molar-refractivity contribution < 1.29 is 19.1 Å². The lowest BCUT2D eigenvalue weighted by Crippen LogP contribution is -2.42. The second kappa shape index (κ2) is 6.66. The molecule has 27 heavy (non-hydrogen) atoms. The maximum atomic E-state index is 11.6. The molecule has 3 aliphatic carbocycles. The van der Waals surface area contributed by atoms with Crippen LogP contribution in [-0.4, -0.2) is 18.0 Å². The van der Waals surface area contributed by atoms with Crippen LogP contribution in [-0.2, 0) is 20.7 Å². The Morgan fingerprint density at radius 2 is 1.89 bits per heavy atom. The summed E-state index contributed by atoms with van der Waals surface area (Å²) in [4.78, 5) is 22.8. The molecule has 4 heteroatoms. The normalized spacial score (nSPS) is 26.3. The zero-order valence-corrected chi connectivity index (χ0v) is 16.3. The molecule has 0 unspecified atom stereocenters. The molecule has 0 bridgehead atoms. The zero-order chi connectivity index (χ0) is 19.2. The second-order valence-electron chi connectivity index (χ2n) is 8.08. The van der Waals surface area contributed by atoms with Crippen molar-refractivity contribution in [2.75, 3.05) is 0 Å². The molecule has 142 valence electrons. The van der Waals surface area contributed by atoms with Crippen LogP contribution in [0.2, 0.25) is 0 Å². The zero-order valence-electron chi connectivity index (χ0n) is 16.3. The van der Waals surface area contributed by atoms with Crippen LogP contribution in [0.4, 0.5) is 0 Å². The van der Waals surface area contributed by atoms with Gasteiger partial charge in [0.05, 0.1) is 0 Å². The highest BCUT2D eigenvalue weighted by molar-refractivity contribution is 5.79. The third kappa shape index (κ3) is 3.11. The Bertz CT molecular complexity index is 876. The summed E-state index contributed by atoms with van der Waals surface area (Å²) >= 11 is 0. The van der Waals surface area contributed by atoms with Crippen LogP contribution >= 0.6 is 0 Å². The topological polar surface area (TPSA) is 52.6 Å². The van der Waals surface area contributed by atoms with Crippen LogP contribution < -0.4 is 4.74 Å². The lowest BCUT2D eigenvalue weighted by molar-refractivity contribution is -0.152. The molecule has 0 aliphatic heterocycles. The van der Waals surface area contributed by atoms with Gasteiger partial charge in [0, 0.05) is 19.3 Å². The van der Waals surface area contributed by atoms with Gasteiger partial charge in [0.1, 0.15) is 11.9 Å². The van der Waals surface area contributed by atoms with Gasteiger partial charge in [-0.2, -0.15) is 0 Å². The molecule has 0 saturated carbocycles. The molecule has 0 radical (unpaired) electrons. The van der Waals surface area contributed by atoms with Crippen molar-refractivity contribution in [1.29, 1.82) is 0 Å². The Morgan fingerprint density at radius 3 is 2.63 bits per heavy atom. The summed E-state index contributed by atoms with van der Waals surface area (Å²) in [6.45, 7) is 5.19. The van der Waals surface area contributed by atoms with Crippen molar-refractivity contribution >= 4 is 17.5 Å². The summed E-state index contributed by atoms with van der Waals surface area (Å²) in [6.07, 6.45) is 8.10. The van der Waals surface area contributed by atoms with Gasteiger partial charge in [-0.1, -0.05) is 19.1 Å². The van der Waals surface area contributed by atoms with Crippen molar-refractivity contribution in [3.05, 3.63) is 46.5 Å². The van der Waals surface area contributed by atoms with E-state index in [0.29, 0.717) is 5.75 Å². The number of allylic oxidation sites excluding steroid dienone is 3. The number of hydrogen-bond donors (Lipinski definition) is 0. The van der Waals surface area contributed by atoms with E-state index in [2.05, 4.69) is 19.1 Å². The van der Waals surface area contributed by atoms with Gasteiger partial charge in [0.25, 0.3) is 0 Å². The number of esters is 2. The van der Waals surface area contributed by atoms with Gasteiger partial charge in [-0.25, -0.2) is 0 Å². The number of ether oxygens (including phenoxy) is 2. The van der Waals surface area contributed by atoms with Gasteiger partial charge in [-0.15, -0.1) is 0 Å². The van der Waals surface area contributed by atoms with Crippen LogP contribution in [0, 0.1) is 5.41 Å². The Hall–Kier alpha value is -2.36. The smallest absolute Gasteiger partial charge is 0.308 e. The highest BCUT2D eigenvalue weighted by atomic mass is 16.5. The molecule has 2 atom stereocenters. The average Bonchev–Trinajstić information content (AvgIpc) is 2.61. The lowest BCUT2D eigenvalue weighted by atomic mass is 9.60. The third-order valence-corrected chi connectivity index (χ3v) is 6.30. The number of benzene rings is 1. The number of carbonyl (C=O) groups is 2. The van der Waals surface area contributed by atoms with Gasteiger partial charge in [0.15, 0.2) is 0 Å². The summed E-state index contributed by atoms with van der Waals surface area (Å²) in [5.74, 6) is 0.148. The van der Waals surface area contributed by atoms with Crippen LogP contribution in [0.5, 0.6) is 5.75 Å². The van der Waals surface area contributed by atoms with E-state index in [0.717, 1.165) is 38.5 Å². The van der Waals surface area contributed by atoms with E-state index in [1.165, 1.54) is 41.7 Å². The minimum absolute atomic E-state index is 0.0308. The molecule has 1 aromatic rings. The molecule has 0 fully saturated rings. The average molecular weight is 366 g/mol. The molecule has 0 spiro atoms. The molecular formula is C23H26O4. The highest BCUT2D eigenvalue weighted by Crippen LogP contribution is 2.55. The molecule has 0 amide bonds. The summed E-state index contributed by atoms with van der Waals surface area (Å²) in [7, 11) is 0. The fraction of sp³-hybridized carbons (Fsp3) is 0.478. The van der Waals surface area contributed by atoms with Gasteiger partial charge in [-0.3, -0.25) is 9.59 Å². The van der Waals surface area contributed by atoms with E-state index in [9.17, 15) is 9.59 Å². The number of hydrogen-bond acceptors (Lipinski definition) is 4. The van der Waals surface area contributed by atoms with E-state index in [4.69, 9.17) is 9.47 Å². The van der Waals surface area contributed by atoms with Crippen molar-refractivity contribution in [1.82, 2.24) is 0 Å². The number of carbonyl (C=O) groups excluding carboxylic acids is 2. The largest absolute Gasteiger partial charge is 0.462 e. The van der Waals surface area contributed by atoms with Crippen LogP contribution in [0.15, 0.2) is 35.4 Å². The van der Waals surface area contributed by atoms with Crippen molar-refractivity contribution in [2.24, 2.45) is 5.41 Å². The molecule has 1 aromatic carbocycles. The second-order valence-corrected chi connectivity index (χ2v) is 8.08. The molecule has 3 aliphatic rings. The SMILES string of the molecule is CC(=O)Oc1ccc2c(c1)CCC1=C2CC[C@]2(C)C1=CCC[C@@H]2OC(C)=O. The monoisotopic (exact) mass is 366 g/mol. The molecule has 0 heterocycles. The summed E-state index contributed by atoms with van der Waals surface area (Å²) in [5, 5.41) is 0. The molecular weight excluding hydrogens is 340 g/mol. The first-order valence-corrected chi connectivity index (χ1v) is 9.80. The first kappa shape index (κ1) is 18.0. The van der Waals surface area contributed by atoms with Crippen LogP contribution in [0.1, 0.15) is 64.0 Å². The highest BCUT2D eigenvalue weighted by Gasteiger charge is 2.46. The standard InChI is InChI=1S/C23H26O4/c1-14(24)26-17-8-10-18-16(13-17)7-9-20-19(18)11-12-23(3)21(20)5-4-6-22(23)27-15(2)25/h5,8,10,13,22H,4,6-7,9,11-12H2,1-3H3/t22-,23+/m0/s1. The summed E-state index contributed by atoms with van der Waals surface area (Å²) < 4.78 is 11.0. The summed E-state index contributed by atoms with van der Waals surface area (Å²) in [5.41, 5.74) is 6.69. The van der Waals surface area contributed by atoms with Crippen molar-refractivity contribution in [2.45, 2.75) is 65.4 Å². The van der Waals surface area contributed by atoms with E-state index in [-0.39, 0.29) is 23.5 Å². The van der Waals surface area contributed by atoms with Crippen LogP contribution in [0.25, 0.3) is 5.57 Å². The maximum Gasteiger partial charge on any atom is 0.308 e. The fourth-order valence-electron chi connectivity index (χ4n) is 5.10. The van der Waals surface area contributed by atoms with E-state index >= 15 is 0 Å². The van der Waals surface area contributed by atoms with Gasteiger partial charge in [0.2, 0.25) is 0 Å². The van der Waals surface area contributed by atoms with Crippen molar-refractivity contribution in [3.8, 4) is 5.75 Å². The Balaban J connectivity index is 1.71. The minimum Gasteiger partial charge on any atom is -0.462 e. The Labute approximate surface area is 160 Å². The van der Waals surface area contributed by atoms with E-state index in [1.807, 2.05) is 12.1 Å². The predicted molar refractivity (Wildman–Crippen MR) is 103 cm³/mol. The first-order valence-electron chi connectivity index (χ1n) is 9.80. The molecule has 4 nitrogen and oxygen atoms in total. The maximum absolute atomic E-state index is 11.6. The van der Waals surface area contributed by atoms with Gasteiger partial charge >= 0.3 is 11.9 Å². The molecule has 0 saturated heterocycles. The first-order chi connectivity index (χ1) is 12.9. The number of aryl methyl sites for hydroxylation is 1. The Kier molecular flexibility index (Phi) is 4.45. The van der Waals surface area contributed by atoms with E-state index in [1.54, 1.807) is 0 Å². The van der Waals surface area contributed by atoms with Crippen molar-refractivity contribution in [3.63, 3.8) is 0 Å². The molecule has 0 N–H and O–H groups in total. The van der Waals surface area contributed by atoms with Crippen LogP contribution in [0.3, 0.4) is 0 Å². The van der Waals surface area contributed by atoms with Gasteiger partial charge < -0.3 is 9.47 Å².